The first kappa shape index (κ1) is 32.5. The van der Waals surface area contributed by atoms with Crippen LogP contribution in [0.25, 0.3) is 0 Å². The van der Waals surface area contributed by atoms with Crippen LogP contribution in [-0.4, -0.2) is 62.7 Å². The molecule has 2 aromatic carbocycles. The third-order valence-corrected chi connectivity index (χ3v) is 11.3. The quantitative estimate of drug-likeness (QED) is 0.151. The summed E-state index contributed by atoms with van der Waals surface area (Å²) >= 11 is 8.00. The molecule has 6 rings (SSSR count). The fourth-order valence-corrected chi connectivity index (χ4v) is 7.33. The SMILES string of the molecule is O=C(N[C@]1(C(=O)NS(=O)(=O)C2CC2)C[C@H]1I)c1ccc(Nc2nc(NC3(c4ccc(Cl)cc4)CC3)nc(OCC(F)(F)F)n2)cc1. The van der Waals surface area contributed by atoms with Crippen LogP contribution in [0.2, 0.25) is 5.02 Å². The molecule has 1 heterocycles. The maximum absolute atomic E-state index is 13.0. The summed E-state index contributed by atoms with van der Waals surface area (Å²) in [4.78, 5) is 38.2. The second-order valence-electron chi connectivity index (χ2n) is 11.4. The molecule has 1 aromatic heterocycles. The molecule has 3 aromatic rings. The molecular weight excluding hydrogens is 766 g/mol. The highest BCUT2D eigenvalue weighted by atomic mass is 127. The molecule has 0 spiro atoms. The first-order valence-corrected chi connectivity index (χ1v) is 17.2. The van der Waals surface area contributed by atoms with Crippen molar-refractivity contribution in [1.29, 1.82) is 0 Å². The fraction of sp³-hybridized carbons (Fsp3) is 0.393. The Morgan fingerprint density at radius 3 is 2.20 bits per heavy atom. The third kappa shape index (κ3) is 7.41. The van der Waals surface area contributed by atoms with Crippen LogP contribution in [0.3, 0.4) is 0 Å². The van der Waals surface area contributed by atoms with E-state index in [2.05, 4.69) is 35.6 Å². The number of aromatic nitrogens is 3. The van der Waals surface area contributed by atoms with Gasteiger partial charge in [0.25, 0.3) is 11.8 Å². The van der Waals surface area contributed by atoms with Gasteiger partial charge in [-0.2, -0.15) is 28.1 Å². The Bertz CT molecular complexity index is 1780. The van der Waals surface area contributed by atoms with E-state index >= 15 is 0 Å². The minimum atomic E-state index is -4.62. The van der Waals surface area contributed by atoms with Gasteiger partial charge in [0, 0.05) is 20.2 Å². The van der Waals surface area contributed by atoms with Crippen molar-refractivity contribution in [3.8, 4) is 6.01 Å². The summed E-state index contributed by atoms with van der Waals surface area (Å²) in [5, 5.41) is 8.71. The van der Waals surface area contributed by atoms with Crippen molar-refractivity contribution in [2.75, 3.05) is 17.2 Å². The number of halogens is 5. The van der Waals surface area contributed by atoms with E-state index in [0.29, 0.717) is 23.6 Å². The van der Waals surface area contributed by atoms with Crippen LogP contribution in [0.4, 0.5) is 30.8 Å². The lowest BCUT2D eigenvalue weighted by Gasteiger charge is -2.19. The van der Waals surface area contributed by atoms with Gasteiger partial charge in [-0.25, -0.2) is 8.42 Å². The second-order valence-corrected chi connectivity index (χ2v) is 15.3. The minimum Gasteiger partial charge on any atom is -0.454 e. The van der Waals surface area contributed by atoms with Gasteiger partial charge in [-0.3, -0.25) is 14.3 Å². The van der Waals surface area contributed by atoms with Gasteiger partial charge in [-0.15, -0.1) is 0 Å². The van der Waals surface area contributed by atoms with Crippen LogP contribution < -0.4 is 25.4 Å². The third-order valence-electron chi connectivity index (χ3n) is 7.70. The summed E-state index contributed by atoms with van der Waals surface area (Å²) in [5.74, 6) is -1.48. The van der Waals surface area contributed by atoms with Gasteiger partial charge in [0.05, 0.1) is 10.8 Å². The standard InChI is InChI=1S/C28H26ClF3IN7O5S/c29-17-5-3-16(4-6-17)26(11-12-26)39-24-35-23(36-25(37-24)45-14-28(30,31)32)34-18-7-1-15(2-8-18)21(41)38-27(13-20(27)33)22(42)40-46(43,44)19-9-10-19/h1-8,19-20H,9-14H2,(H,38,41)(H,40,42)(H2,34,35,36,37,39)/t20-,27-/m1/s1. The van der Waals surface area contributed by atoms with E-state index < -0.39 is 57.0 Å². The number of alkyl halides is 4. The molecule has 12 nitrogen and oxygen atoms in total. The topological polar surface area (TPSA) is 164 Å². The molecule has 0 saturated heterocycles. The smallest absolute Gasteiger partial charge is 0.422 e. The predicted octanol–water partition coefficient (Wildman–Crippen LogP) is 4.60. The number of nitrogens with one attached hydrogen (secondary N) is 4. The average molecular weight is 792 g/mol. The van der Waals surface area contributed by atoms with E-state index in [4.69, 9.17) is 16.3 Å². The summed E-state index contributed by atoms with van der Waals surface area (Å²) in [5.41, 5.74) is -0.404. The van der Waals surface area contributed by atoms with E-state index in [9.17, 15) is 31.2 Å². The maximum atomic E-state index is 13.0. The minimum absolute atomic E-state index is 0.0109. The highest BCUT2D eigenvalue weighted by Gasteiger charge is 2.61. The number of hydrogen-bond donors (Lipinski definition) is 4. The largest absolute Gasteiger partial charge is 0.454 e. The molecule has 3 aliphatic rings. The summed E-state index contributed by atoms with van der Waals surface area (Å²) in [7, 11) is -3.78. The van der Waals surface area contributed by atoms with Crippen molar-refractivity contribution in [2.45, 2.75) is 58.5 Å². The number of sulfonamides is 1. The maximum Gasteiger partial charge on any atom is 0.422 e. The Labute approximate surface area is 279 Å². The number of carbonyl (C=O) groups excluding carboxylic acids is 2. The first-order valence-electron chi connectivity index (χ1n) is 14.1. The molecule has 0 aliphatic heterocycles. The molecule has 3 saturated carbocycles. The molecule has 46 heavy (non-hydrogen) atoms. The lowest BCUT2D eigenvalue weighted by molar-refractivity contribution is -0.154. The predicted molar refractivity (Wildman–Crippen MR) is 170 cm³/mol. The highest BCUT2D eigenvalue weighted by Crippen LogP contribution is 2.48. The molecule has 0 bridgehead atoms. The summed E-state index contributed by atoms with van der Waals surface area (Å²) in [6.07, 6.45) is -1.91. The van der Waals surface area contributed by atoms with Crippen LogP contribution in [0, 0.1) is 0 Å². The van der Waals surface area contributed by atoms with Gasteiger partial charge < -0.3 is 20.7 Å². The normalized spacial score (nSPS) is 21.5. The number of nitrogens with zero attached hydrogens (tertiary/aromatic N) is 3. The molecule has 0 unspecified atom stereocenters. The lowest BCUT2D eigenvalue weighted by atomic mass is 10.1. The molecule has 18 heteroatoms. The Balaban J connectivity index is 1.16. The molecule has 3 fully saturated rings. The zero-order chi connectivity index (χ0) is 32.9. The van der Waals surface area contributed by atoms with Crippen molar-refractivity contribution in [3.05, 3.63) is 64.7 Å². The molecule has 0 radical (unpaired) electrons. The molecular formula is C28H26ClF3IN7O5S. The van der Waals surface area contributed by atoms with Crippen molar-refractivity contribution in [3.63, 3.8) is 0 Å². The van der Waals surface area contributed by atoms with Gasteiger partial charge in [-0.05, 0) is 74.1 Å². The number of anilines is 3. The summed E-state index contributed by atoms with van der Waals surface area (Å²) in [6.45, 7) is -1.61. The van der Waals surface area contributed by atoms with Crippen LogP contribution in [0.15, 0.2) is 48.5 Å². The number of benzene rings is 2. The Kier molecular flexibility index (Phi) is 8.45. The highest BCUT2D eigenvalue weighted by molar-refractivity contribution is 14.1. The molecule has 2 atom stereocenters. The van der Waals surface area contributed by atoms with Crippen molar-refractivity contribution in [2.24, 2.45) is 0 Å². The Morgan fingerprint density at radius 1 is 1.00 bits per heavy atom. The van der Waals surface area contributed by atoms with Gasteiger partial charge >= 0.3 is 12.2 Å². The monoisotopic (exact) mass is 791 g/mol. The molecule has 4 N–H and O–H groups in total. The second kappa shape index (κ2) is 12.0. The molecule has 2 amide bonds. The summed E-state index contributed by atoms with van der Waals surface area (Å²) < 4.78 is 69.8. The van der Waals surface area contributed by atoms with Gasteiger partial charge in [0.2, 0.25) is 21.9 Å². The van der Waals surface area contributed by atoms with E-state index in [1.807, 2.05) is 34.7 Å². The van der Waals surface area contributed by atoms with Gasteiger partial charge in [0.15, 0.2) is 6.61 Å². The number of ether oxygens (including phenoxy) is 1. The fourth-order valence-electron chi connectivity index (χ4n) is 4.71. The van der Waals surface area contributed by atoms with Crippen LogP contribution in [0.1, 0.15) is 48.0 Å². The Hall–Kier alpha value is -3.45. The first-order chi connectivity index (χ1) is 21.7. The van der Waals surface area contributed by atoms with Crippen molar-refractivity contribution in [1.82, 2.24) is 25.0 Å². The van der Waals surface area contributed by atoms with E-state index in [1.54, 1.807) is 12.1 Å². The number of carbonyl (C=O) groups is 2. The summed E-state index contributed by atoms with van der Waals surface area (Å²) in [6, 6.07) is 12.5. The van der Waals surface area contributed by atoms with E-state index in [1.165, 1.54) is 24.3 Å². The van der Waals surface area contributed by atoms with E-state index in [0.717, 1.165) is 18.4 Å². The van der Waals surface area contributed by atoms with Crippen LogP contribution in [-0.2, 0) is 20.4 Å². The van der Waals surface area contributed by atoms with Gasteiger partial charge in [0.1, 0.15) is 5.54 Å². The molecule has 3 aliphatic carbocycles. The zero-order valence-electron chi connectivity index (χ0n) is 23.7. The number of amides is 2. The van der Waals surface area contributed by atoms with Crippen LogP contribution >= 0.6 is 34.2 Å². The van der Waals surface area contributed by atoms with Crippen LogP contribution in [0.5, 0.6) is 6.01 Å². The van der Waals surface area contributed by atoms with Crippen molar-refractivity contribution >= 4 is 73.6 Å². The lowest BCUT2D eigenvalue weighted by Crippen LogP contribution is -2.52. The number of hydrogen-bond acceptors (Lipinski definition) is 10. The number of rotatable bonds is 12. The molecule has 244 valence electrons. The van der Waals surface area contributed by atoms with Gasteiger partial charge in [-0.1, -0.05) is 46.3 Å². The van der Waals surface area contributed by atoms with E-state index in [-0.39, 0.29) is 27.8 Å². The van der Waals surface area contributed by atoms with Crippen molar-refractivity contribution < 1.29 is 35.9 Å². The average Bonchev–Trinajstić information content (AvgIpc) is 3.87. The Morgan fingerprint density at radius 2 is 1.63 bits per heavy atom. The zero-order valence-corrected chi connectivity index (χ0v) is 27.4.